The highest BCUT2D eigenvalue weighted by molar-refractivity contribution is 5.85. The van der Waals surface area contributed by atoms with Gasteiger partial charge in [-0.25, -0.2) is 5.01 Å². The molecular formula is C27H37F3N2O. The Morgan fingerprint density at radius 1 is 0.939 bits per heavy atom. The standard InChI is InChI=1S/C27H37F3N2O/c1-4-5-6-7-8-9-10-11-12-20-13-14-22-18-23(16-15-21(22)17-20)24(27(28,29)30)32-19-26(2,3)25(33)31-32/h13-18,24H,4-12,19H2,1-3H3,(H,31,33)/t24-/m0/s1. The number of alkyl halides is 3. The first-order valence-electron chi connectivity index (χ1n) is 12.3. The fraction of sp³-hybridized carbons (Fsp3) is 0.593. The second kappa shape index (κ2) is 10.9. The van der Waals surface area contributed by atoms with E-state index in [1.54, 1.807) is 26.0 Å². The molecule has 6 heteroatoms. The first-order valence-corrected chi connectivity index (χ1v) is 12.3. The lowest BCUT2D eigenvalue weighted by Crippen LogP contribution is -2.43. The van der Waals surface area contributed by atoms with E-state index in [0.717, 1.165) is 28.6 Å². The van der Waals surface area contributed by atoms with E-state index < -0.39 is 17.6 Å². The number of nitrogens with zero attached hydrogens (tertiary/aromatic N) is 1. The Morgan fingerprint density at radius 3 is 2.15 bits per heavy atom. The van der Waals surface area contributed by atoms with Crippen LogP contribution in [0, 0.1) is 5.41 Å². The van der Waals surface area contributed by atoms with Gasteiger partial charge in [0.25, 0.3) is 0 Å². The average molecular weight is 463 g/mol. The Hall–Kier alpha value is -2.08. The normalized spacial score (nSPS) is 17.5. The number of benzene rings is 2. The van der Waals surface area contributed by atoms with E-state index in [2.05, 4.69) is 18.4 Å². The maximum absolute atomic E-state index is 14.0. The summed E-state index contributed by atoms with van der Waals surface area (Å²) in [4.78, 5) is 12.1. The third-order valence-corrected chi connectivity index (χ3v) is 6.61. The number of carbonyl (C=O) groups is 1. The van der Waals surface area contributed by atoms with Crippen LogP contribution in [0.15, 0.2) is 36.4 Å². The Labute approximate surface area is 195 Å². The lowest BCUT2D eigenvalue weighted by Gasteiger charge is -2.30. The van der Waals surface area contributed by atoms with Crippen LogP contribution in [0.1, 0.15) is 89.3 Å². The van der Waals surface area contributed by atoms with Gasteiger partial charge in [-0.2, -0.15) is 13.2 Å². The number of nitrogens with one attached hydrogen (secondary N) is 1. The second-order valence-electron chi connectivity index (χ2n) is 10.1. The molecule has 1 heterocycles. The molecule has 33 heavy (non-hydrogen) atoms. The number of halogens is 3. The molecule has 0 radical (unpaired) electrons. The number of fused-ring (bicyclic) bond motifs is 1. The summed E-state index contributed by atoms with van der Waals surface area (Å²) < 4.78 is 42.0. The topological polar surface area (TPSA) is 32.3 Å². The van der Waals surface area contributed by atoms with E-state index in [0.29, 0.717) is 0 Å². The molecule has 0 spiro atoms. The molecule has 0 bridgehead atoms. The molecule has 0 aliphatic carbocycles. The summed E-state index contributed by atoms with van der Waals surface area (Å²) in [6, 6.07) is 9.07. The van der Waals surface area contributed by atoms with Crippen LogP contribution in [0.4, 0.5) is 13.2 Å². The maximum atomic E-state index is 14.0. The van der Waals surface area contributed by atoms with Crippen LogP contribution in [0.5, 0.6) is 0 Å². The molecule has 182 valence electrons. The monoisotopic (exact) mass is 462 g/mol. The molecule has 1 atom stereocenters. The summed E-state index contributed by atoms with van der Waals surface area (Å²) >= 11 is 0. The van der Waals surface area contributed by atoms with Gasteiger partial charge in [0.1, 0.15) is 6.04 Å². The van der Waals surface area contributed by atoms with E-state index >= 15 is 0 Å². The number of aryl methyl sites for hydroxylation is 1. The van der Waals surface area contributed by atoms with Crippen molar-refractivity contribution in [2.75, 3.05) is 6.54 Å². The molecule has 1 aliphatic rings. The summed E-state index contributed by atoms with van der Waals surface area (Å²) in [5, 5.41) is 2.76. The van der Waals surface area contributed by atoms with Crippen molar-refractivity contribution in [2.45, 2.75) is 90.8 Å². The zero-order valence-electron chi connectivity index (χ0n) is 20.1. The summed E-state index contributed by atoms with van der Waals surface area (Å²) in [6.45, 7) is 5.55. The van der Waals surface area contributed by atoms with Gasteiger partial charge in [-0.05, 0) is 54.7 Å². The van der Waals surface area contributed by atoms with E-state index in [9.17, 15) is 18.0 Å². The number of hydrogen-bond acceptors (Lipinski definition) is 2. The second-order valence-corrected chi connectivity index (χ2v) is 10.1. The minimum absolute atomic E-state index is 0.00554. The van der Waals surface area contributed by atoms with Gasteiger partial charge in [-0.1, -0.05) is 82.2 Å². The van der Waals surface area contributed by atoms with Gasteiger partial charge in [-0.3, -0.25) is 10.2 Å². The van der Waals surface area contributed by atoms with Gasteiger partial charge in [0, 0.05) is 6.54 Å². The summed E-state index contributed by atoms with van der Waals surface area (Å²) in [6.07, 6.45) is 6.67. The molecule has 3 rings (SSSR count). The van der Waals surface area contributed by atoms with Crippen LogP contribution in [0.25, 0.3) is 10.8 Å². The lowest BCUT2D eigenvalue weighted by molar-refractivity contribution is -0.191. The van der Waals surface area contributed by atoms with Crippen LogP contribution in [-0.4, -0.2) is 23.6 Å². The molecule has 0 saturated carbocycles. The van der Waals surface area contributed by atoms with Crippen LogP contribution in [0.3, 0.4) is 0 Å². The van der Waals surface area contributed by atoms with Crippen LogP contribution in [-0.2, 0) is 11.2 Å². The Bertz CT molecular complexity index is 939. The summed E-state index contributed by atoms with van der Waals surface area (Å²) in [5.41, 5.74) is 2.94. The molecule has 1 N–H and O–H groups in total. The van der Waals surface area contributed by atoms with Gasteiger partial charge in [0.15, 0.2) is 0 Å². The van der Waals surface area contributed by atoms with Crippen molar-refractivity contribution in [2.24, 2.45) is 5.41 Å². The van der Waals surface area contributed by atoms with Crippen molar-refractivity contribution < 1.29 is 18.0 Å². The van der Waals surface area contributed by atoms with Crippen molar-refractivity contribution in [1.82, 2.24) is 10.4 Å². The van der Waals surface area contributed by atoms with Crippen molar-refractivity contribution in [3.8, 4) is 0 Å². The van der Waals surface area contributed by atoms with Gasteiger partial charge in [0.05, 0.1) is 5.41 Å². The molecule has 2 aromatic carbocycles. The molecule has 3 nitrogen and oxygen atoms in total. The van der Waals surface area contributed by atoms with Gasteiger partial charge in [0.2, 0.25) is 5.91 Å². The maximum Gasteiger partial charge on any atom is 0.409 e. The summed E-state index contributed by atoms with van der Waals surface area (Å²) in [7, 11) is 0. The minimum atomic E-state index is -4.50. The zero-order chi connectivity index (χ0) is 24.1. The van der Waals surface area contributed by atoms with E-state index in [1.165, 1.54) is 56.6 Å². The fourth-order valence-corrected chi connectivity index (χ4v) is 4.62. The molecule has 2 aromatic rings. The summed E-state index contributed by atoms with van der Waals surface area (Å²) in [5.74, 6) is -0.386. The van der Waals surface area contributed by atoms with Crippen molar-refractivity contribution in [3.05, 3.63) is 47.5 Å². The molecule has 1 fully saturated rings. The Morgan fingerprint density at radius 2 is 1.55 bits per heavy atom. The average Bonchev–Trinajstić information content (AvgIpc) is 3.00. The highest BCUT2D eigenvalue weighted by atomic mass is 19.4. The van der Waals surface area contributed by atoms with Gasteiger partial charge >= 0.3 is 6.18 Å². The Balaban J connectivity index is 1.65. The number of rotatable bonds is 11. The van der Waals surface area contributed by atoms with Gasteiger partial charge in [-0.15, -0.1) is 0 Å². The van der Waals surface area contributed by atoms with Crippen molar-refractivity contribution in [3.63, 3.8) is 0 Å². The third kappa shape index (κ3) is 6.72. The third-order valence-electron chi connectivity index (χ3n) is 6.61. The number of hydrogen-bond donors (Lipinski definition) is 1. The number of unbranched alkanes of at least 4 members (excludes halogenated alkanes) is 7. The molecular weight excluding hydrogens is 425 g/mol. The predicted octanol–water partition coefficient (Wildman–Crippen LogP) is 7.50. The highest BCUT2D eigenvalue weighted by Crippen LogP contribution is 2.41. The number of carbonyl (C=O) groups excluding carboxylic acids is 1. The molecule has 1 aliphatic heterocycles. The van der Waals surface area contributed by atoms with E-state index in [1.807, 2.05) is 12.1 Å². The smallest absolute Gasteiger partial charge is 0.287 e. The first kappa shape index (κ1) is 25.5. The fourth-order valence-electron chi connectivity index (χ4n) is 4.62. The van der Waals surface area contributed by atoms with Crippen molar-refractivity contribution in [1.29, 1.82) is 0 Å². The predicted molar refractivity (Wildman–Crippen MR) is 128 cm³/mol. The molecule has 1 amide bonds. The number of hydrazine groups is 1. The van der Waals surface area contributed by atoms with Crippen LogP contribution >= 0.6 is 0 Å². The minimum Gasteiger partial charge on any atom is -0.287 e. The molecule has 0 aromatic heterocycles. The van der Waals surface area contributed by atoms with E-state index in [-0.39, 0.29) is 18.0 Å². The Kier molecular flexibility index (Phi) is 8.43. The van der Waals surface area contributed by atoms with Crippen LogP contribution < -0.4 is 5.43 Å². The molecule has 0 unspecified atom stereocenters. The first-order chi connectivity index (χ1) is 15.6. The quantitative estimate of drug-likeness (QED) is 0.351. The lowest BCUT2D eigenvalue weighted by atomic mass is 9.93. The van der Waals surface area contributed by atoms with Gasteiger partial charge < -0.3 is 0 Å². The van der Waals surface area contributed by atoms with Crippen molar-refractivity contribution >= 4 is 16.7 Å². The highest BCUT2D eigenvalue weighted by Gasteiger charge is 2.51. The van der Waals surface area contributed by atoms with Crippen LogP contribution in [0.2, 0.25) is 0 Å². The largest absolute Gasteiger partial charge is 0.409 e. The molecule has 1 saturated heterocycles. The number of amides is 1. The SMILES string of the molecule is CCCCCCCCCCc1ccc2cc([C@H](N3CC(C)(C)C(=O)N3)C(F)(F)F)ccc2c1. The van der Waals surface area contributed by atoms with E-state index in [4.69, 9.17) is 0 Å². The zero-order valence-corrected chi connectivity index (χ0v) is 20.1.